The molecule has 2 aromatic rings. The first kappa shape index (κ1) is 19.5. The Morgan fingerprint density at radius 3 is 2.88 bits per heavy atom. The predicted molar refractivity (Wildman–Crippen MR) is 108 cm³/mol. The molecule has 0 spiro atoms. The summed E-state index contributed by atoms with van der Waals surface area (Å²) in [6.07, 6.45) is 5.46. The van der Waals surface area contributed by atoms with Crippen molar-refractivity contribution >= 4 is 35.9 Å². The van der Waals surface area contributed by atoms with Crippen molar-refractivity contribution in [2.24, 2.45) is 12.0 Å². The third-order valence-corrected chi connectivity index (χ3v) is 4.27. The molecule has 0 bridgehead atoms. The van der Waals surface area contributed by atoms with E-state index in [9.17, 15) is 0 Å². The molecule has 0 radical (unpaired) electrons. The van der Waals surface area contributed by atoms with Crippen LogP contribution in [0.1, 0.15) is 17.9 Å². The first-order valence-electron chi connectivity index (χ1n) is 8.10. The zero-order valence-electron chi connectivity index (χ0n) is 15.1. The summed E-state index contributed by atoms with van der Waals surface area (Å²) in [5, 5.41) is 11.1. The number of aryl methyl sites for hydroxylation is 1. The van der Waals surface area contributed by atoms with E-state index < -0.39 is 0 Å². The van der Waals surface area contributed by atoms with Crippen LogP contribution < -0.4 is 15.5 Å². The standard InChI is InChI=1S/C15H25N9.HI/c1-16-14(17-7-12-8-18-15(22(2)3)23(12)4)21-11-5-6-13-19-10-20-24(13)9-11;/h8,10-11H,5-7,9H2,1-4H3,(H2,16,17,21);1H. The van der Waals surface area contributed by atoms with E-state index in [0.717, 1.165) is 42.8 Å². The number of hydrogen-bond acceptors (Lipinski definition) is 5. The normalized spacial score (nSPS) is 16.8. The molecule has 3 rings (SSSR count). The number of hydrogen-bond donors (Lipinski definition) is 2. The third kappa shape index (κ3) is 4.41. The van der Waals surface area contributed by atoms with Gasteiger partial charge in [-0.15, -0.1) is 24.0 Å². The number of aromatic nitrogens is 5. The maximum absolute atomic E-state index is 4.42. The van der Waals surface area contributed by atoms with Gasteiger partial charge < -0.3 is 20.1 Å². The molecule has 25 heavy (non-hydrogen) atoms. The quantitative estimate of drug-likeness (QED) is 0.391. The van der Waals surface area contributed by atoms with Gasteiger partial charge in [0.05, 0.1) is 25.0 Å². The van der Waals surface area contributed by atoms with E-state index in [1.165, 1.54) is 0 Å². The molecule has 138 valence electrons. The summed E-state index contributed by atoms with van der Waals surface area (Å²) in [6.45, 7) is 1.48. The molecule has 1 unspecified atom stereocenters. The third-order valence-electron chi connectivity index (χ3n) is 4.27. The van der Waals surface area contributed by atoms with Crippen LogP contribution in [-0.2, 0) is 26.6 Å². The molecule has 10 heteroatoms. The number of fused-ring (bicyclic) bond motifs is 1. The molecule has 2 aromatic heterocycles. The number of nitrogens with one attached hydrogen (secondary N) is 2. The second kappa shape index (κ2) is 8.50. The fraction of sp³-hybridized carbons (Fsp3) is 0.600. The first-order valence-corrected chi connectivity index (χ1v) is 8.10. The molecule has 1 aliphatic heterocycles. The monoisotopic (exact) mass is 459 g/mol. The van der Waals surface area contributed by atoms with Crippen molar-refractivity contribution in [3.05, 3.63) is 24.0 Å². The molecule has 1 aliphatic rings. The lowest BCUT2D eigenvalue weighted by Gasteiger charge is -2.25. The summed E-state index contributed by atoms with van der Waals surface area (Å²) in [6, 6.07) is 0.300. The molecule has 0 saturated heterocycles. The summed E-state index contributed by atoms with van der Waals surface area (Å²) in [4.78, 5) is 15.0. The summed E-state index contributed by atoms with van der Waals surface area (Å²) < 4.78 is 4.03. The van der Waals surface area contributed by atoms with Crippen LogP contribution in [0, 0.1) is 0 Å². The van der Waals surface area contributed by atoms with Gasteiger partial charge in [-0.2, -0.15) is 5.10 Å². The Kier molecular flexibility index (Phi) is 6.62. The van der Waals surface area contributed by atoms with Gasteiger partial charge in [0.2, 0.25) is 5.95 Å². The summed E-state index contributed by atoms with van der Waals surface area (Å²) in [5.74, 6) is 2.78. The van der Waals surface area contributed by atoms with Crippen molar-refractivity contribution < 1.29 is 0 Å². The average Bonchev–Trinajstić information content (AvgIpc) is 3.17. The molecule has 9 nitrogen and oxygen atoms in total. The van der Waals surface area contributed by atoms with Crippen LogP contribution in [0.25, 0.3) is 0 Å². The van der Waals surface area contributed by atoms with E-state index in [-0.39, 0.29) is 24.0 Å². The number of anilines is 1. The summed E-state index contributed by atoms with van der Waals surface area (Å²) in [7, 11) is 7.78. The van der Waals surface area contributed by atoms with Crippen molar-refractivity contribution in [1.82, 2.24) is 34.9 Å². The van der Waals surface area contributed by atoms with Gasteiger partial charge in [-0.3, -0.25) is 4.99 Å². The second-order valence-electron chi connectivity index (χ2n) is 6.17. The number of imidazole rings is 1. The molecule has 0 aromatic carbocycles. The summed E-state index contributed by atoms with van der Waals surface area (Å²) >= 11 is 0. The number of guanidine groups is 1. The van der Waals surface area contributed by atoms with E-state index >= 15 is 0 Å². The molecular weight excluding hydrogens is 433 g/mol. The highest BCUT2D eigenvalue weighted by Gasteiger charge is 2.20. The SMILES string of the molecule is CN=C(NCc1cnc(N(C)C)n1C)NC1CCc2ncnn2C1.I. The topological polar surface area (TPSA) is 88.2 Å². The molecule has 0 aliphatic carbocycles. The van der Waals surface area contributed by atoms with Crippen molar-refractivity contribution in [3.63, 3.8) is 0 Å². The fourth-order valence-electron chi connectivity index (χ4n) is 2.93. The van der Waals surface area contributed by atoms with E-state index in [0.29, 0.717) is 12.6 Å². The van der Waals surface area contributed by atoms with Crippen molar-refractivity contribution in [2.75, 3.05) is 26.0 Å². The number of aliphatic imine (C=N–C) groups is 1. The van der Waals surface area contributed by atoms with E-state index in [1.54, 1.807) is 13.4 Å². The Morgan fingerprint density at radius 2 is 2.20 bits per heavy atom. The van der Waals surface area contributed by atoms with Gasteiger partial charge >= 0.3 is 0 Å². The number of halogens is 1. The van der Waals surface area contributed by atoms with Crippen LogP contribution in [0.4, 0.5) is 5.95 Å². The van der Waals surface area contributed by atoms with Gasteiger partial charge in [-0.05, 0) is 6.42 Å². The molecule has 0 fully saturated rings. The van der Waals surface area contributed by atoms with Crippen molar-refractivity contribution in [1.29, 1.82) is 0 Å². The lowest BCUT2D eigenvalue weighted by Crippen LogP contribution is -2.47. The van der Waals surface area contributed by atoms with Gasteiger partial charge in [0.15, 0.2) is 5.96 Å². The maximum atomic E-state index is 4.42. The van der Waals surface area contributed by atoms with Crippen LogP contribution in [-0.4, -0.2) is 57.5 Å². The van der Waals surface area contributed by atoms with Crippen LogP contribution >= 0.6 is 24.0 Å². The maximum Gasteiger partial charge on any atom is 0.204 e. The average molecular weight is 459 g/mol. The van der Waals surface area contributed by atoms with Crippen LogP contribution in [0.2, 0.25) is 0 Å². The van der Waals surface area contributed by atoms with Crippen molar-refractivity contribution in [3.8, 4) is 0 Å². The van der Waals surface area contributed by atoms with Crippen LogP contribution in [0.15, 0.2) is 17.5 Å². The highest BCUT2D eigenvalue weighted by atomic mass is 127. The lowest BCUT2D eigenvalue weighted by atomic mass is 10.1. The zero-order valence-corrected chi connectivity index (χ0v) is 17.4. The van der Waals surface area contributed by atoms with E-state index in [4.69, 9.17) is 0 Å². The lowest BCUT2D eigenvalue weighted by molar-refractivity contribution is 0.392. The molecule has 2 N–H and O–H groups in total. The Morgan fingerprint density at radius 1 is 1.40 bits per heavy atom. The fourth-order valence-corrected chi connectivity index (χ4v) is 2.93. The van der Waals surface area contributed by atoms with Crippen molar-refractivity contribution in [2.45, 2.75) is 32.0 Å². The first-order chi connectivity index (χ1) is 11.6. The molecule has 0 saturated carbocycles. The van der Waals surface area contributed by atoms with Crippen LogP contribution in [0.5, 0.6) is 0 Å². The van der Waals surface area contributed by atoms with Gasteiger partial charge in [0.1, 0.15) is 12.2 Å². The zero-order chi connectivity index (χ0) is 17.1. The summed E-state index contributed by atoms with van der Waals surface area (Å²) in [5.41, 5.74) is 1.10. The van der Waals surface area contributed by atoms with E-state index in [1.807, 2.05) is 36.9 Å². The predicted octanol–water partition coefficient (Wildman–Crippen LogP) is 0.376. The minimum absolute atomic E-state index is 0. The number of nitrogens with zero attached hydrogens (tertiary/aromatic N) is 7. The Bertz CT molecular complexity index is 718. The van der Waals surface area contributed by atoms with Gasteiger partial charge in [-0.25, -0.2) is 14.6 Å². The number of rotatable bonds is 4. The molecule has 3 heterocycles. The van der Waals surface area contributed by atoms with Crippen LogP contribution in [0.3, 0.4) is 0 Å². The second-order valence-corrected chi connectivity index (χ2v) is 6.17. The van der Waals surface area contributed by atoms with Gasteiger partial charge in [-0.1, -0.05) is 0 Å². The Balaban J connectivity index is 0.00000225. The molecule has 1 atom stereocenters. The van der Waals surface area contributed by atoms with Gasteiger partial charge in [0, 0.05) is 40.7 Å². The minimum atomic E-state index is 0. The molecule has 0 amide bonds. The minimum Gasteiger partial charge on any atom is -0.352 e. The molecular formula is C15H26IN9. The highest BCUT2D eigenvalue weighted by Crippen LogP contribution is 2.12. The van der Waals surface area contributed by atoms with Gasteiger partial charge in [0.25, 0.3) is 0 Å². The largest absolute Gasteiger partial charge is 0.352 e. The Hall–Kier alpha value is -1.85. The highest BCUT2D eigenvalue weighted by molar-refractivity contribution is 14.0. The Labute approximate surface area is 164 Å². The smallest absolute Gasteiger partial charge is 0.204 e. The van der Waals surface area contributed by atoms with E-state index in [2.05, 4.69) is 35.3 Å².